The highest BCUT2D eigenvalue weighted by molar-refractivity contribution is 7.92. The zero-order valence-corrected chi connectivity index (χ0v) is 14.5. The van der Waals surface area contributed by atoms with E-state index in [4.69, 9.17) is 0 Å². The number of nitrogens with one attached hydrogen (secondary N) is 1. The van der Waals surface area contributed by atoms with Crippen LogP contribution in [0.2, 0.25) is 0 Å². The smallest absolute Gasteiger partial charge is 0.180 e. The fraction of sp³-hybridized carbons (Fsp3) is 0.571. The summed E-state index contributed by atoms with van der Waals surface area (Å²) in [5, 5.41) is 2.97. The molecule has 1 rings (SSSR count). The predicted octanol–water partition coefficient (Wildman–Crippen LogP) is 2.11. The van der Waals surface area contributed by atoms with Crippen LogP contribution in [-0.2, 0) is 19.7 Å². The molecule has 0 saturated heterocycles. The van der Waals surface area contributed by atoms with E-state index in [1.165, 1.54) is 6.26 Å². The van der Waals surface area contributed by atoms with E-state index in [9.17, 15) is 16.8 Å². The van der Waals surface area contributed by atoms with Crippen molar-refractivity contribution in [1.29, 1.82) is 0 Å². The molecule has 0 unspecified atom stereocenters. The van der Waals surface area contributed by atoms with Crippen LogP contribution in [-0.4, -0.2) is 40.1 Å². The molecule has 1 N–H and O–H groups in total. The maximum atomic E-state index is 12.2. The zero-order valence-electron chi connectivity index (χ0n) is 12.9. The third-order valence-electron chi connectivity index (χ3n) is 3.40. The number of para-hydroxylation sites is 1. The van der Waals surface area contributed by atoms with Crippen LogP contribution in [0.15, 0.2) is 29.2 Å². The summed E-state index contributed by atoms with van der Waals surface area (Å²) in [6, 6.07) is 6.58. The number of rotatable bonds is 7. The molecule has 7 heteroatoms. The van der Waals surface area contributed by atoms with Crippen molar-refractivity contribution in [3.05, 3.63) is 24.3 Å². The van der Waals surface area contributed by atoms with Gasteiger partial charge in [0.25, 0.3) is 0 Å². The molecule has 0 aliphatic carbocycles. The fourth-order valence-corrected chi connectivity index (χ4v) is 3.55. The summed E-state index contributed by atoms with van der Waals surface area (Å²) in [5.74, 6) is 0.0706. The summed E-state index contributed by atoms with van der Waals surface area (Å²) in [7, 11) is -6.60. The maximum absolute atomic E-state index is 12.2. The molecule has 0 aliphatic heterocycles. The Morgan fingerprint density at radius 3 is 2.19 bits per heavy atom. The second kappa shape index (κ2) is 6.36. The third kappa shape index (κ3) is 4.44. The minimum absolute atomic E-state index is 0.0706. The molecule has 1 aromatic carbocycles. The molecule has 0 heterocycles. The van der Waals surface area contributed by atoms with E-state index < -0.39 is 24.4 Å². The predicted molar refractivity (Wildman–Crippen MR) is 86.2 cm³/mol. The Kier molecular flexibility index (Phi) is 5.44. The van der Waals surface area contributed by atoms with Crippen LogP contribution < -0.4 is 5.32 Å². The lowest BCUT2D eigenvalue weighted by Crippen LogP contribution is -2.38. The number of sulfone groups is 2. The lowest BCUT2D eigenvalue weighted by Gasteiger charge is -2.24. The first-order valence-electron chi connectivity index (χ1n) is 6.76. The van der Waals surface area contributed by atoms with E-state index in [1.54, 1.807) is 45.0 Å². The molecule has 0 saturated carbocycles. The van der Waals surface area contributed by atoms with E-state index in [0.717, 1.165) is 0 Å². The third-order valence-corrected chi connectivity index (χ3v) is 7.53. The van der Waals surface area contributed by atoms with Crippen LogP contribution in [0.25, 0.3) is 0 Å². The fourth-order valence-electron chi connectivity index (χ4n) is 1.70. The molecular formula is C14H23NO4S2. The standard InChI is InChI=1S/C14H23NO4S2/c1-5-10-21(18,19)13-9-7-6-8-12(13)15-11-14(2,3)20(4,16)17/h6-9,15H,5,10-11H2,1-4H3. The van der Waals surface area contributed by atoms with E-state index in [1.807, 2.05) is 0 Å². The molecule has 1 aromatic rings. The lowest BCUT2D eigenvalue weighted by molar-refractivity contribution is 0.559. The van der Waals surface area contributed by atoms with E-state index in [-0.39, 0.29) is 17.2 Å². The van der Waals surface area contributed by atoms with E-state index in [2.05, 4.69) is 5.32 Å². The Bertz CT molecular complexity index is 691. The first-order valence-corrected chi connectivity index (χ1v) is 10.3. The van der Waals surface area contributed by atoms with Crippen LogP contribution >= 0.6 is 0 Å². The molecule has 5 nitrogen and oxygen atoms in total. The Labute approximate surface area is 127 Å². The van der Waals surface area contributed by atoms with Crippen LogP contribution in [0.5, 0.6) is 0 Å². The quantitative estimate of drug-likeness (QED) is 0.826. The summed E-state index contributed by atoms with van der Waals surface area (Å²) in [6.45, 7) is 5.17. The SMILES string of the molecule is CCCS(=O)(=O)c1ccccc1NCC(C)(C)S(C)(=O)=O. The molecule has 21 heavy (non-hydrogen) atoms. The van der Waals surface area contributed by atoms with Crippen molar-refractivity contribution in [3.63, 3.8) is 0 Å². The summed E-state index contributed by atoms with van der Waals surface area (Å²) in [6.07, 6.45) is 1.71. The van der Waals surface area contributed by atoms with Crippen LogP contribution in [0, 0.1) is 0 Å². The minimum atomic E-state index is -3.36. The van der Waals surface area contributed by atoms with Gasteiger partial charge in [0.05, 0.1) is 21.1 Å². The Morgan fingerprint density at radius 2 is 1.67 bits per heavy atom. The number of hydrogen-bond donors (Lipinski definition) is 1. The Hall–Kier alpha value is -1.08. The lowest BCUT2D eigenvalue weighted by atomic mass is 10.2. The molecule has 0 atom stereocenters. The molecular weight excluding hydrogens is 310 g/mol. The second-order valence-electron chi connectivity index (χ2n) is 5.70. The highest BCUT2D eigenvalue weighted by Gasteiger charge is 2.30. The Morgan fingerprint density at radius 1 is 1.10 bits per heavy atom. The van der Waals surface area contributed by atoms with Gasteiger partial charge in [0.2, 0.25) is 0 Å². The van der Waals surface area contributed by atoms with Gasteiger partial charge in [0.1, 0.15) is 0 Å². The van der Waals surface area contributed by atoms with Crippen molar-refractivity contribution < 1.29 is 16.8 Å². The van der Waals surface area contributed by atoms with E-state index >= 15 is 0 Å². The number of hydrogen-bond acceptors (Lipinski definition) is 5. The van der Waals surface area contributed by atoms with Crippen LogP contribution in [0.4, 0.5) is 5.69 Å². The normalized spacial score (nSPS) is 13.1. The van der Waals surface area contributed by atoms with E-state index in [0.29, 0.717) is 12.1 Å². The largest absolute Gasteiger partial charge is 0.382 e. The van der Waals surface area contributed by atoms with Gasteiger partial charge in [-0.05, 0) is 32.4 Å². The van der Waals surface area contributed by atoms with Gasteiger partial charge in [0.15, 0.2) is 19.7 Å². The van der Waals surface area contributed by atoms with Crippen molar-refractivity contribution in [2.45, 2.75) is 36.8 Å². The van der Waals surface area contributed by atoms with Crippen molar-refractivity contribution in [2.75, 3.05) is 23.9 Å². The monoisotopic (exact) mass is 333 g/mol. The second-order valence-corrected chi connectivity index (χ2v) is 10.4. The summed E-state index contributed by atoms with van der Waals surface area (Å²) in [4.78, 5) is 0.219. The van der Waals surface area contributed by atoms with Gasteiger partial charge in [-0.2, -0.15) is 0 Å². The molecule has 0 aliphatic rings. The molecule has 0 fully saturated rings. The van der Waals surface area contributed by atoms with Gasteiger partial charge < -0.3 is 5.32 Å². The number of benzene rings is 1. The Balaban J connectivity index is 3.07. The summed E-state index contributed by atoms with van der Waals surface area (Å²) < 4.78 is 46.9. The van der Waals surface area contributed by atoms with Gasteiger partial charge >= 0.3 is 0 Å². The molecule has 0 radical (unpaired) electrons. The van der Waals surface area contributed by atoms with Gasteiger partial charge in [-0.1, -0.05) is 19.1 Å². The van der Waals surface area contributed by atoms with Gasteiger partial charge in [-0.3, -0.25) is 0 Å². The molecule has 0 spiro atoms. The molecule has 0 amide bonds. The maximum Gasteiger partial charge on any atom is 0.180 e. The molecule has 0 aromatic heterocycles. The van der Waals surface area contributed by atoms with Gasteiger partial charge in [0, 0.05) is 12.8 Å². The van der Waals surface area contributed by atoms with Gasteiger partial charge in [-0.25, -0.2) is 16.8 Å². The first kappa shape index (κ1) is 18.0. The summed E-state index contributed by atoms with van der Waals surface area (Å²) >= 11 is 0. The average Bonchev–Trinajstić information content (AvgIpc) is 2.35. The highest BCUT2D eigenvalue weighted by Crippen LogP contribution is 2.24. The topological polar surface area (TPSA) is 80.3 Å². The van der Waals surface area contributed by atoms with Crippen molar-refractivity contribution in [1.82, 2.24) is 0 Å². The minimum Gasteiger partial charge on any atom is -0.382 e. The zero-order chi connectivity index (χ0) is 16.3. The number of anilines is 1. The van der Waals surface area contributed by atoms with Crippen LogP contribution in [0.1, 0.15) is 27.2 Å². The van der Waals surface area contributed by atoms with Crippen molar-refractivity contribution in [3.8, 4) is 0 Å². The van der Waals surface area contributed by atoms with Crippen LogP contribution in [0.3, 0.4) is 0 Å². The molecule has 0 bridgehead atoms. The molecule has 120 valence electrons. The summed E-state index contributed by atoms with van der Waals surface area (Å²) in [5.41, 5.74) is 0.447. The van der Waals surface area contributed by atoms with Crippen molar-refractivity contribution >= 4 is 25.4 Å². The highest BCUT2D eigenvalue weighted by atomic mass is 32.2. The average molecular weight is 333 g/mol. The van der Waals surface area contributed by atoms with Crippen molar-refractivity contribution in [2.24, 2.45) is 0 Å². The first-order chi connectivity index (χ1) is 9.51. The van der Waals surface area contributed by atoms with Gasteiger partial charge in [-0.15, -0.1) is 0 Å².